The fourth-order valence-corrected chi connectivity index (χ4v) is 1.38. The first-order chi connectivity index (χ1) is 7.79. The van der Waals surface area contributed by atoms with E-state index in [1.54, 1.807) is 6.07 Å². The van der Waals surface area contributed by atoms with E-state index in [2.05, 4.69) is 0 Å². The van der Waals surface area contributed by atoms with Crippen LogP contribution in [0.1, 0.15) is 0 Å². The molecule has 0 aliphatic heterocycles. The van der Waals surface area contributed by atoms with Crippen molar-refractivity contribution in [3.05, 3.63) is 24.3 Å². The van der Waals surface area contributed by atoms with Crippen LogP contribution in [0.4, 0.5) is 24.5 Å². The molecule has 1 aromatic carbocycles. The molecule has 94 valence electrons. The maximum Gasteiger partial charge on any atom is 0.405 e. The first kappa shape index (κ1) is 13.1. The van der Waals surface area contributed by atoms with E-state index >= 15 is 0 Å². The summed E-state index contributed by atoms with van der Waals surface area (Å²) < 4.78 is 36.9. The van der Waals surface area contributed by atoms with Gasteiger partial charge in [-0.15, -0.1) is 0 Å². The fraction of sp³-hybridized carbons (Fsp3) is 0.300. The second kappa shape index (κ2) is 4.94. The largest absolute Gasteiger partial charge is 0.480 e. The van der Waals surface area contributed by atoms with Crippen LogP contribution in [0.3, 0.4) is 0 Å². The van der Waals surface area contributed by atoms with Gasteiger partial charge in [0.15, 0.2) is 0 Å². The number of nitrogens with two attached hydrogens (primary N) is 1. The Morgan fingerprint density at radius 1 is 1.35 bits per heavy atom. The zero-order valence-electron chi connectivity index (χ0n) is 8.74. The summed E-state index contributed by atoms with van der Waals surface area (Å²) in [7, 11) is 0. The number of hydrogen-bond acceptors (Lipinski definition) is 3. The van der Waals surface area contributed by atoms with Crippen molar-refractivity contribution in [3.63, 3.8) is 0 Å². The molecule has 17 heavy (non-hydrogen) atoms. The lowest BCUT2D eigenvalue weighted by molar-refractivity contribution is -0.136. The highest BCUT2D eigenvalue weighted by Gasteiger charge is 2.32. The van der Waals surface area contributed by atoms with Crippen molar-refractivity contribution in [1.29, 1.82) is 0 Å². The first-order valence-electron chi connectivity index (χ1n) is 4.67. The Morgan fingerprint density at radius 2 is 1.94 bits per heavy atom. The number of carbonyl (C=O) groups is 1. The van der Waals surface area contributed by atoms with E-state index in [9.17, 15) is 18.0 Å². The molecule has 0 atom stereocenters. The molecule has 3 N–H and O–H groups in total. The number of halogens is 3. The second-order valence-corrected chi connectivity index (χ2v) is 3.42. The highest BCUT2D eigenvalue weighted by molar-refractivity contribution is 5.77. The summed E-state index contributed by atoms with van der Waals surface area (Å²) in [6.45, 7) is -2.11. The highest BCUT2D eigenvalue weighted by atomic mass is 19.4. The third-order valence-electron chi connectivity index (χ3n) is 1.97. The number of nitrogen functional groups attached to an aromatic ring is 1. The molecule has 1 rings (SSSR count). The zero-order chi connectivity index (χ0) is 13.1. The predicted octanol–water partition coefficient (Wildman–Crippen LogP) is 1.72. The van der Waals surface area contributed by atoms with Crippen LogP contribution in [-0.4, -0.2) is 30.3 Å². The van der Waals surface area contributed by atoms with Crippen LogP contribution >= 0.6 is 0 Å². The van der Waals surface area contributed by atoms with Gasteiger partial charge in [-0.2, -0.15) is 13.2 Å². The van der Waals surface area contributed by atoms with Crippen molar-refractivity contribution in [2.45, 2.75) is 6.18 Å². The van der Waals surface area contributed by atoms with Crippen molar-refractivity contribution < 1.29 is 23.1 Å². The average Bonchev–Trinajstić information content (AvgIpc) is 2.14. The molecule has 0 unspecified atom stereocenters. The second-order valence-electron chi connectivity index (χ2n) is 3.42. The summed E-state index contributed by atoms with van der Waals surface area (Å²) >= 11 is 0. The van der Waals surface area contributed by atoms with Crippen LogP contribution < -0.4 is 10.6 Å². The van der Waals surface area contributed by atoms with Crippen molar-refractivity contribution in [2.24, 2.45) is 0 Å². The summed E-state index contributed by atoms with van der Waals surface area (Å²) in [6.07, 6.45) is -4.49. The Morgan fingerprint density at radius 3 is 2.41 bits per heavy atom. The summed E-state index contributed by atoms with van der Waals surface area (Å²) in [5.74, 6) is -1.35. The van der Waals surface area contributed by atoms with Crippen LogP contribution in [0.2, 0.25) is 0 Å². The van der Waals surface area contributed by atoms with Crippen LogP contribution in [-0.2, 0) is 4.79 Å². The molecule has 7 heteroatoms. The van der Waals surface area contributed by atoms with Crippen molar-refractivity contribution in [2.75, 3.05) is 23.7 Å². The number of nitrogens with zero attached hydrogens (tertiary/aromatic N) is 1. The van der Waals surface area contributed by atoms with Crippen LogP contribution in [0.5, 0.6) is 0 Å². The van der Waals surface area contributed by atoms with Crippen LogP contribution in [0.25, 0.3) is 0 Å². The Kier molecular flexibility index (Phi) is 3.82. The number of rotatable bonds is 4. The molecule has 0 saturated heterocycles. The van der Waals surface area contributed by atoms with Gasteiger partial charge >= 0.3 is 12.1 Å². The van der Waals surface area contributed by atoms with Crippen LogP contribution in [0, 0.1) is 0 Å². The molecule has 0 fully saturated rings. The van der Waals surface area contributed by atoms with Gasteiger partial charge in [-0.05, 0) is 12.1 Å². The van der Waals surface area contributed by atoms with E-state index in [0.29, 0.717) is 4.90 Å². The molecule has 0 amide bonds. The normalized spacial score (nSPS) is 11.2. The zero-order valence-corrected chi connectivity index (χ0v) is 8.74. The number of para-hydroxylation sites is 2. The molecule has 0 aliphatic carbocycles. The van der Waals surface area contributed by atoms with Crippen molar-refractivity contribution in [3.8, 4) is 0 Å². The first-order valence-corrected chi connectivity index (χ1v) is 4.67. The number of carboxylic acids is 1. The monoisotopic (exact) mass is 248 g/mol. The lowest BCUT2D eigenvalue weighted by Gasteiger charge is -2.25. The topological polar surface area (TPSA) is 66.6 Å². The predicted molar refractivity (Wildman–Crippen MR) is 56.8 cm³/mol. The maximum absolute atomic E-state index is 12.3. The Bertz CT molecular complexity index is 407. The fourth-order valence-electron chi connectivity index (χ4n) is 1.38. The molecule has 0 spiro atoms. The Hall–Kier alpha value is -1.92. The Balaban J connectivity index is 2.98. The minimum absolute atomic E-state index is 0.0622. The summed E-state index contributed by atoms with van der Waals surface area (Å²) in [4.78, 5) is 11.2. The molecule has 0 saturated carbocycles. The minimum Gasteiger partial charge on any atom is -0.480 e. The molecular formula is C10H11F3N2O2. The van der Waals surface area contributed by atoms with E-state index < -0.39 is 25.2 Å². The number of alkyl halides is 3. The third-order valence-corrected chi connectivity index (χ3v) is 1.97. The van der Waals surface area contributed by atoms with E-state index in [1.165, 1.54) is 18.2 Å². The van der Waals surface area contributed by atoms with Crippen LogP contribution in [0.15, 0.2) is 24.3 Å². The van der Waals surface area contributed by atoms with Crippen molar-refractivity contribution >= 4 is 17.3 Å². The molecule has 1 aromatic rings. The molecule has 0 heterocycles. The smallest absolute Gasteiger partial charge is 0.405 e. The molecule has 0 aliphatic rings. The molecule has 4 nitrogen and oxygen atoms in total. The molecular weight excluding hydrogens is 237 g/mol. The van der Waals surface area contributed by atoms with Gasteiger partial charge in [-0.3, -0.25) is 4.79 Å². The maximum atomic E-state index is 12.3. The van der Waals surface area contributed by atoms with Gasteiger partial charge in [0.25, 0.3) is 0 Å². The van der Waals surface area contributed by atoms with Gasteiger partial charge in [-0.25, -0.2) is 0 Å². The number of anilines is 2. The Labute approximate surface area is 95.4 Å². The van der Waals surface area contributed by atoms with E-state index in [0.717, 1.165) is 0 Å². The van der Waals surface area contributed by atoms with Gasteiger partial charge in [-0.1, -0.05) is 12.1 Å². The van der Waals surface area contributed by atoms with Crippen molar-refractivity contribution in [1.82, 2.24) is 0 Å². The van der Waals surface area contributed by atoms with E-state index in [1.807, 2.05) is 0 Å². The molecule has 0 bridgehead atoms. The average molecular weight is 248 g/mol. The quantitative estimate of drug-likeness (QED) is 0.796. The number of benzene rings is 1. The van der Waals surface area contributed by atoms with E-state index in [4.69, 9.17) is 10.8 Å². The molecule has 0 radical (unpaired) electrons. The third kappa shape index (κ3) is 4.21. The number of aliphatic carboxylic acids is 1. The summed E-state index contributed by atoms with van der Waals surface area (Å²) in [6, 6.07) is 5.83. The lowest BCUT2D eigenvalue weighted by Crippen LogP contribution is -2.38. The summed E-state index contributed by atoms with van der Waals surface area (Å²) in [5, 5.41) is 8.58. The van der Waals surface area contributed by atoms with Gasteiger partial charge in [0.05, 0.1) is 11.4 Å². The lowest BCUT2D eigenvalue weighted by atomic mass is 10.2. The highest BCUT2D eigenvalue weighted by Crippen LogP contribution is 2.26. The standard InChI is InChI=1S/C10H11F3N2O2/c11-10(12,13)6-15(5-9(16)17)8-4-2-1-3-7(8)14/h1-4H,5-6,14H2,(H,16,17). The molecule has 0 aromatic heterocycles. The van der Waals surface area contributed by atoms with Gasteiger partial charge in [0.2, 0.25) is 0 Å². The number of carboxylic acid groups (broad SMARTS) is 1. The van der Waals surface area contributed by atoms with Gasteiger partial charge in [0, 0.05) is 0 Å². The van der Waals surface area contributed by atoms with Gasteiger partial charge in [0.1, 0.15) is 13.1 Å². The van der Waals surface area contributed by atoms with Gasteiger partial charge < -0.3 is 15.7 Å². The number of hydrogen-bond donors (Lipinski definition) is 2. The minimum atomic E-state index is -4.49. The summed E-state index contributed by atoms with van der Waals surface area (Å²) in [5.41, 5.74) is 5.69. The van der Waals surface area contributed by atoms with E-state index in [-0.39, 0.29) is 11.4 Å². The SMILES string of the molecule is Nc1ccccc1N(CC(=O)O)CC(F)(F)F.